The first kappa shape index (κ1) is 7.79. The molecule has 0 atom stereocenters. The molecule has 2 N–H and O–H groups in total. The minimum absolute atomic E-state index is 0.299. The minimum Gasteiger partial charge on any atom is -0.508 e. The average Bonchev–Trinajstić information content (AvgIpc) is 2.01. The molecular formula is C9H11NO. The fourth-order valence-electron chi connectivity index (χ4n) is 0.951. The molecule has 0 aliphatic rings. The summed E-state index contributed by atoms with van der Waals surface area (Å²) in [4.78, 5) is 0. The number of nitrogens with one attached hydrogen (secondary N) is 1. The third-order valence-corrected chi connectivity index (χ3v) is 1.49. The smallest absolute Gasteiger partial charge is 0.115 e. The van der Waals surface area contributed by atoms with E-state index in [0.717, 1.165) is 18.4 Å². The molecule has 0 aromatic heterocycles. The van der Waals surface area contributed by atoms with Crippen LogP contribution in [-0.4, -0.2) is 11.3 Å². The van der Waals surface area contributed by atoms with Crippen molar-refractivity contribution < 1.29 is 5.11 Å². The lowest BCUT2D eigenvalue weighted by atomic mass is 10.1. The largest absolute Gasteiger partial charge is 0.508 e. The van der Waals surface area contributed by atoms with Crippen LogP contribution in [0.4, 0.5) is 0 Å². The third kappa shape index (κ3) is 2.42. The van der Waals surface area contributed by atoms with E-state index in [1.54, 1.807) is 12.1 Å². The number of aryl methyl sites for hydroxylation is 1. The number of phenols is 1. The molecule has 0 spiro atoms. The Morgan fingerprint density at radius 3 is 2.91 bits per heavy atom. The molecule has 1 aromatic rings. The number of phenolic OH excluding ortho intramolecular Hbond substituents is 1. The van der Waals surface area contributed by atoms with E-state index in [9.17, 15) is 0 Å². The molecule has 0 heterocycles. The van der Waals surface area contributed by atoms with E-state index in [1.165, 1.54) is 6.21 Å². The molecule has 0 bridgehead atoms. The lowest BCUT2D eigenvalue weighted by molar-refractivity contribution is 0.474. The second kappa shape index (κ2) is 3.76. The number of aromatic hydroxyl groups is 1. The Morgan fingerprint density at radius 1 is 1.45 bits per heavy atom. The van der Waals surface area contributed by atoms with Crippen LogP contribution in [0.2, 0.25) is 0 Å². The van der Waals surface area contributed by atoms with E-state index < -0.39 is 0 Å². The van der Waals surface area contributed by atoms with Gasteiger partial charge < -0.3 is 10.5 Å². The van der Waals surface area contributed by atoms with E-state index in [4.69, 9.17) is 10.5 Å². The van der Waals surface area contributed by atoms with Gasteiger partial charge in [0.05, 0.1) is 0 Å². The molecule has 0 unspecified atom stereocenters. The summed E-state index contributed by atoms with van der Waals surface area (Å²) in [6.45, 7) is 0. The summed E-state index contributed by atoms with van der Waals surface area (Å²) in [5.74, 6) is 0.299. The quantitative estimate of drug-likeness (QED) is 0.634. The first-order valence-electron chi connectivity index (χ1n) is 3.60. The zero-order chi connectivity index (χ0) is 8.10. The van der Waals surface area contributed by atoms with E-state index in [0.29, 0.717) is 5.75 Å². The summed E-state index contributed by atoms with van der Waals surface area (Å²) in [5.41, 5.74) is 1.08. The summed E-state index contributed by atoms with van der Waals surface area (Å²) in [7, 11) is 0. The van der Waals surface area contributed by atoms with E-state index in [-0.39, 0.29) is 0 Å². The zero-order valence-electron chi connectivity index (χ0n) is 6.25. The maximum absolute atomic E-state index is 9.06. The molecule has 0 saturated heterocycles. The Labute approximate surface area is 66.0 Å². The van der Waals surface area contributed by atoms with Crippen molar-refractivity contribution in [3.8, 4) is 5.75 Å². The van der Waals surface area contributed by atoms with Crippen molar-refractivity contribution in [2.75, 3.05) is 0 Å². The fourth-order valence-corrected chi connectivity index (χ4v) is 0.951. The van der Waals surface area contributed by atoms with Crippen LogP contribution in [0.3, 0.4) is 0 Å². The number of benzene rings is 1. The normalized spacial score (nSPS) is 9.45. The molecule has 11 heavy (non-hydrogen) atoms. The average molecular weight is 149 g/mol. The summed E-state index contributed by atoms with van der Waals surface area (Å²) in [6, 6.07) is 7.13. The molecular weight excluding hydrogens is 138 g/mol. The van der Waals surface area contributed by atoms with Crippen molar-refractivity contribution in [1.29, 1.82) is 5.41 Å². The highest BCUT2D eigenvalue weighted by atomic mass is 16.3. The van der Waals surface area contributed by atoms with Gasteiger partial charge in [0.15, 0.2) is 0 Å². The Morgan fingerprint density at radius 2 is 2.27 bits per heavy atom. The molecule has 1 aromatic carbocycles. The van der Waals surface area contributed by atoms with Crippen LogP contribution in [0.15, 0.2) is 24.3 Å². The minimum atomic E-state index is 0.299. The van der Waals surface area contributed by atoms with Crippen LogP contribution in [0.25, 0.3) is 0 Å². The lowest BCUT2D eigenvalue weighted by Gasteiger charge is -1.97. The van der Waals surface area contributed by atoms with Gasteiger partial charge in [0.1, 0.15) is 5.75 Å². The first-order valence-corrected chi connectivity index (χ1v) is 3.60. The maximum atomic E-state index is 9.06. The van der Waals surface area contributed by atoms with Gasteiger partial charge in [0.2, 0.25) is 0 Å². The van der Waals surface area contributed by atoms with Crippen LogP contribution in [0.1, 0.15) is 12.0 Å². The molecule has 2 nitrogen and oxygen atoms in total. The SMILES string of the molecule is N=CCCc1cccc(O)c1. The maximum Gasteiger partial charge on any atom is 0.115 e. The summed E-state index contributed by atoms with van der Waals surface area (Å²) in [5, 5.41) is 15.9. The second-order valence-corrected chi connectivity index (χ2v) is 2.41. The molecule has 58 valence electrons. The molecule has 1 rings (SSSR count). The molecule has 0 aliphatic carbocycles. The number of rotatable bonds is 3. The number of hydrogen-bond acceptors (Lipinski definition) is 2. The topological polar surface area (TPSA) is 44.1 Å². The van der Waals surface area contributed by atoms with Crippen LogP contribution in [0.5, 0.6) is 5.75 Å². The van der Waals surface area contributed by atoms with Gasteiger partial charge in [0.25, 0.3) is 0 Å². The first-order chi connectivity index (χ1) is 5.33. The van der Waals surface area contributed by atoms with Gasteiger partial charge in [-0.25, -0.2) is 0 Å². The predicted octanol–water partition coefficient (Wildman–Crippen LogP) is 1.97. The molecule has 0 saturated carbocycles. The predicted molar refractivity (Wildman–Crippen MR) is 45.2 cm³/mol. The van der Waals surface area contributed by atoms with Crippen molar-refractivity contribution in [1.82, 2.24) is 0 Å². The van der Waals surface area contributed by atoms with E-state index in [2.05, 4.69) is 0 Å². The summed E-state index contributed by atoms with van der Waals surface area (Å²) < 4.78 is 0. The summed E-state index contributed by atoms with van der Waals surface area (Å²) >= 11 is 0. The van der Waals surface area contributed by atoms with Gasteiger partial charge in [-0.2, -0.15) is 0 Å². The molecule has 2 heteroatoms. The number of hydrogen-bond donors (Lipinski definition) is 2. The van der Waals surface area contributed by atoms with Gasteiger partial charge in [0, 0.05) is 0 Å². The van der Waals surface area contributed by atoms with Gasteiger partial charge in [-0.1, -0.05) is 12.1 Å². The van der Waals surface area contributed by atoms with Crippen molar-refractivity contribution in [3.63, 3.8) is 0 Å². The van der Waals surface area contributed by atoms with E-state index >= 15 is 0 Å². The van der Waals surface area contributed by atoms with Gasteiger partial charge in [-0.15, -0.1) is 0 Å². The molecule has 0 aliphatic heterocycles. The van der Waals surface area contributed by atoms with Crippen LogP contribution < -0.4 is 0 Å². The van der Waals surface area contributed by atoms with Gasteiger partial charge in [-0.3, -0.25) is 0 Å². The Bertz CT molecular complexity index is 245. The zero-order valence-corrected chi connectivity index (χ0v) is 6.25. The Kier molecular flexibility index (Phi) is 2.66. The van der Waals surface area contributed by atoms with Crippen LogP contribution >= 0.6 is 0 Å². The van der Waals surface area contributed by atoms with E-state index in [1.807, 2.05) is 12.1 Å². The Balaban J connectivity index is 2.63. The van der Waals surface area contributed by atoms with Crippen molar-refractivity contribution in [2.45, 2.75) is 12.8 Å². The van der Waals surface area contributed by atoms with Gasteiger partial charge in [-0.05, 0) is 36.8 Å². The highest BCUT2D eigenvalue weighted by Crippen LogP contribution is 2.11. The fraction of sp³-hybridized carbons (Fsp3) is 0.222. The Hall–Kier alpha value is -1.31. The summed E-state index contributed by atoms with van der Waals surface area (Å²) in [6.07, 6.45) is 2.95. The van der Waals surface area contributed by atoms with Gasteiger partial charge >= 0.3 is 0 Å². The molecule has 0 radical (unpaired) electrons. The van der Waals surface area contributed by atoms with Crippen LogP contribution in [0, 0.1) is 5.41 Å². The van der Waals surface area contributed by atoms with Crippen molar-refractivity contribution >= 4 is 6.21 Å². The molecule has 0 amide bonds. The highest BCUT2D eigenvalue weighted by Gasteiger charge is 1.91. The lowest BCUT2D eigenvalue weighted by Crippen LogP contribution is -1.84. The molecule has 0 fully saturated rings. The monoisotopic (exact) mass is 149 g/mol. The highest BCUT2D eigenvalue weighted by molar-refractivity contribution is 5.53. The standard InChI is InChI=1S/C9H11NO/c10-6-2-4-8-3-1-5-9(11)7-8/h1,3,5-7,10-11H,2,4H2. The van der Waals surface area contributed by atoms with Crippen molar-refractivity contribution in [3.05, 3.63) is 29.8 Å². The van der Waals surface area contributed by atoms with Crippen LogP contribution in [-0.2, 0) is 6.42 Å². The third-order valence-electron chi connectivity index (χ3n) is 1.49. The van der Waals surface area contributed by atoms with Crippen molar-refractivity contribution in [2.24, 2.45) is 0 Å². The second-order valence-electron chi connectivity index (χ2n) is 2.41.